The van der Waals surface area contributed by atoms with Gasteiger partial charge in [-0.15, -0.1) is 11.4 Å². The number of rotatable bonds is 4. The molecule has 0 spiro atoms. The maximum absolute atomic E-state index is 2.24. The molecule has 0 saturated carbocycles. The van der Waals surface area contributed by atoms with Gasteiger partial charge in [0.15, 0.2) is 0 Å². The summed E-state index contributed by atoms with van der Waals surface area (Å²) in [5.41, 5.74) is 0. The first kappa shape index (κ1) is 7.78. The van der Waals surface area contributed by atoms with E-state index < -0.39 is 0 Å². The van der Waals surface area contributed by atoms with Crippen LogP contribution in [0.4, 0.5) is 0 Å². The fraction of sp³-hybridized carbons (Fsp3) is 1.00. The first-order chi connectivity index (χ1) is 3.41. The summed E-state index contributed by atoms with van der Waals surface area (Å²) in [5, 5.41) is 0. The van der Waals surface area contributed by atoms with Crippen molar-refractivity contribution in [3.63, 3.8) is 0 Å². The minimum atomic E-state index is 1.08. The van der Waals surface area contributed by atoms with Crippen molar-refractivity contribution in [2.75, 3.05) is 12.4 Å². The van der Waals surface area contributed by atoms with Gasteiger partial charge in [0.1, 0.15) is 0 Å². The Balaban J connectivity index is 2.45. The minimum absolute atomic E-state index is 1.08. The normalized spacial score (nSPS) is 11.1. The molecular weight excluding hydrogens is 123 g/mol. The maximum Gasteiger partial charge on any atom is -0.00286 e. The van der Waals surface area contributed by atoms with Crippen LogP contribution in [-0.2, 0) is 0 Å². The summed E-state index contributed by atoms with van der Waals surface area (Å²) in [4.78, 5) is 0. The van der Waals surface area contributed by atoms with Gasteiger partial charge in [-0.25, -0.2) is 0 Å². The molecule has 0 aliphatic carbocycles. The minimum Gasteiger partial charge on any atom is -0.138 e. The number of unbranched alkanes of at least 4 members (excludes halogenated alkanes) is 1. The first-order valence-corrected chi connectivity index (χ1v) is 5.91. The van der Waals surface area contributed by atoms with Crippen molar-refractivity contribution in [3.8, 4) is 0 Å². The first-order valence-electron chi connectivity index (χ1n) is 2.70. The van der Waals surface area contributed by atoms with Gasteiger partial charge in [0, 0.05) is 0 Å². The second-order valence-corrected chi connectivity index (χ2v) is 4.60. The van der Waals surface area contributed by atoms with Gasteiger partial charge in [-0.1, -0.05) is 21.1 Å². The van der Waals surface area contributed by atoms with Gasteiger partial charge < -0.3 is 0 Å². The molecule has 0 aliphatic rings. The Morgan fingerprint density at radius 1 is 1.57 bits per heavy atom. The van der Waals surface area contributed by atoms with E-state index in [0.717, 1.165) is 7.78 Å². The van der Waals surface area contributed by atoms with Gasteiger partial charge in [-0.2, -0.15) is 0 Å². The molecular formula is C5H13PS. The SMILES string of the molecule is CCCCSPC. The summed E-state index contributed by atoms with van der Waals surface area (Å²) >= 11 is 2.06. The molecule has 1 atom stereocenters. The van der Waals surface area contributed by atoms with Crippen molar-refractivity contribution < 1.29 is 0 Å². The quantitative estimate of drug-likeness (QED) is 0.423. The number of hydrogen-bond donors (Lipinski definition) is 0. The monoisotopic (exact) mass is 136 g/mol. The highest BCUT2D eigenvalue weighted by molar-refractivity contribution is 8.49. The van der Waals surface area contributed by atoms with Crippen molar-refractivity contribution in [1.29, 1.82) is 0 Å². The molecule has 0 aromatic carbocycles. The fourth-order valence-corrected chi connectivity index (χ4v) is 2.00. The summed E-state index contributed by atoms with van der Waals surface area (Å²) < 4.78 is 0. The summed E-state index contributed by atoms with van der Waals surface area (Å²) in [6, 6.07) is 0. The average Bonchev–Trinajstić information content (AvgIpc) is 1.69. The summed E-state index contributed by atoms with van der Waals surface area (Å²) in [6.45, 7) is 4.47. The van der Waals surface area contributed by atoms with Gasteiger partial charge in [0.25, 0.3) is 0 Å². The summed E-state index contributed by atoms with van der Waals surface area (Å²) in [5.74, 6) is 1.37. The predicted octanol–water partition coefficient (Wildman–Crippen LogP) is 2.74. The molecule has 0 rings (SSSR count). The highest BCUT2D eigenvalue weighted by atomic mass is 32.7. The van der Waals surface area contributed by atoms with E-state index in [1.807, 2.05) is 0 Å². The van der Waals surface area contributed by atoms with Crippen LogP contribution in [0.2, 0.25) is 0 Å². The van der Waals surface area contributed by atoms with Crippen molar-refractivity contribution in [2.24, 2.45) is 0 Å². The molecule has 0 heterocycles. The lowest BCUT2D eigenvalue weighted by molar-refractivity contribution is 0.898. The van der Waals surface area contributed by atoms with Crippen molar-refractivity contribution in [1.82, 2.24) is 0 Å². The predicted molar refractivity (Wildman–Crippen MR) is 41.6 cm³/mol. The largest absolute Gasteiger partial charge is 0.138 e. The molecule has 0 aromatic rings. The highest BCUT2D eigenvalue weighted by Crippen LogP contribution is 2.24. The van der Waals surface area contributed by atoms with Gasteiger partial charge in [0.2, 0.25) is 0 Å². The smallest absolute Gasteiger partial charge is 0.00286 e. The topological polar surface area (TPSA) is 0 Å². The van der Waals surface area contributed by atoms with Gasteiger partial charge in [-0.05, 0) is 18.8 Å². The van der Waals surface area contributed by atoms with Crippen LogP contribution in [0.3, 0.4) is 0 Å². The molecule has 0 bridgehead atoms. The van der Waals surface area contributed by atoms with Crippen LogP contribution in [0.5, 0.6) is 0 Å². The second-order valence-electron chi connectivity index (χ2n) is 1.41. The fourth-order valence-electron chi connectivity index (χ4n) is 0.319. The zero-order chi connectivity index (χ0) is 5.54. The third-order valence-corrected chi connectivity index (χ3v) is 3.00. The van der Waals surface area contributed by atoms with Crippen LogP contribution in [0, 0.1) is 0 Å². The molecule has 0 aromatic heterocycles. The van der Waals surface area contributed by atoms with E-state index in [0.29, 0.717) is 0 Å². The Morgan fingerprint density at radius 3 is 2.71 bits per heavy atom. The van der Waals surface area contributed by atoms with Gasteiger partial charge in [-0.3, -0.25) is 0 Å². The molecule has 0 N–H and O–H groups in total. The van der Waals surface area contributed by atoms with E-state index >= 15 is 0 Å². The standard InChI is InChI=1S/C5H13PS/c1-3-4-5-7-6-2/h6H,3-5H2,1-2H3. The van der Waals surface area contributed by atoms with E-state index in [9.17, 15) is 0 Å². The molecule has 7 heavy (non-hydrogen) atoms. The molecule has 0 nitrogen and oxygen atoms in total. The summed E-state index contributed by atoms with van der Waals surface area (Å²) in [6.07, 6.45) is 2.74. The van der Waals surface area contributed by atoms with E-state index in [1.165, 1.54) is 18.6 Å². The third kappa shape index (κ3) is 6.78. The third-order valence-electron chi connectivity index (χ3n) is 0.744. The lowest BCUT2D eigenvalue weighted by Crippen LogP contribution is -1.69. The van der Waals surface area contributed by atoms with E-state index in [1.54, 1.807) is 0 Å². The Hall–Kier alpha value is 0.780. The highest BCUT2D eigenvalue weighted by Gasteiger charge is 1.79. The zero-order valence-corrected chi connectivity index (χ0v) is 6.85. The number of hydrogen-bond acceptors (Lipinski definition) is 1. The Kier molecular flexibility index (Phi) is 7.54. The van der Waals surface area contributed by atoms with Crippen LogP contribution < -0.4 is 0 Å². The molecule has 0 fully saturated rings. The van der Waals surface area contributed by atoms with E-state index in [2.05, 4.69) is 25.0 Å². The summed E-state index contributed by atoms with van der Waals surface area (Å²) in [7, 11) is 1.08. The second kappa shape index (κ2) is 6.78. The average molecular weight is 136 g/mol. The van der Waals surface area contributed by atoms with Crippen LogP contribution in [0.15, 0.2) is 0 Å². The van der Waals surface area contributed by atoms with E-state index in [4.69, 9.17) is 0 Å². The molecule has 0 aliphatic heterocycles. The van der Waals surface area contributed by atoms with Crippen LogP contribution >= 0.6 is 19.2 Å². The Bertz CT molecular complexity index is 27.3. The van der Waals surface area contributed by atoms with Gasteiger partial charge >= 0.3 is 0 Å². The molecule has 2 heteroatoms. The van der Waals surface area contributed by atoms with Crippen molar-refractivity contribution in [2.45, 2.75) is 19.8 Å². The zero-order valence-electron chi connectivity index (χ0n) is 5.03. The van der Waals surface area contributed by atoms with E-state index in [-0.39, 0.29) is 0 Å². The maximum atomic E-state index is 2.24. The van der Waals surface area contributed by atoms with Crippen LogP contribution in [-0.4, -0.2) is 12.4 Å². The molecule has 0 saturated heterocycles. The van der Waals surface area contributed by atoms with Crippen LogP contribution in [0.25, 0.3) is 0 Å². The van der Waals surface area contributed by atoms with Crippen molar-refractivity contribution >= 4 is 19.2 Å². The molecule has 1 unspecified atom stereocenters. The molecule has 0 radical (unpaired) electrons. The Morgan fingerprint density at radius 2 is 2.29 bits per heavy atom. The molecule has 0 amide bonds. The van der Waals surface area contributed by atoms with Crippen molar-refractivity contribution in [3.05, 3.63) is 0 Å². The Labute approximate surface area is 52.0 Å². The lowest BCUT2D eigenvalue weighted by Gasteiger charge is -1.91. The van der Waals surface area contributed by atoms with Gasteiger partial charge in [0.05, 0.1) is 0 Å². The van der Waals surface area contributed by atoms with Crippen LogP contribution in [0.1, 0.15) is 19.8 Å². The molecule has 44 valence electrons. The lowest BCUT2D eigenvalue weighted by atomic mass is 10.4.